The molecule has 0 amide bonds. The standard InChI is InChI=1S/C7H14O5/c8-2-3-1-4(9)6(11)7(12)5(3)10/h3-12H,1-2H2. The average molecular weight is 178 g/mol. The lowest BCUT2D eigenvalue weighted by Gasteiger charge is -2.37. The van der Waals surface area contributed by atoms with E-state index in [1.807, 2.05) is 0 Å². The molecule has 5 nitrogen and oxygen atoms in total. The van der Waals surface area contributed by atoms with E-state index < -0.39 is 30.3 Å². The van der Waals surface area contributed by atoms with Gasteiger partial charge in [-0.05, 0) is 6.42 Å². The Labute approximate surface area is 69.9 Å². The van der Waals surface area contributed by atoms with Crippen LogP contribution in [-0.4, -0.2) is 56.6 Å². The van der Waals surface area contributed by atoms with Gasteiger partial charge in [-0.25, -0.2) is 0 Å². The van der Waals surface area contributed by atoms with Crippen LogP contribution in [0.2, 0.25) is 0 Å². The van der Waals surface area contributed by atoms with Gasteiger partial charge in [-0.15, -0.1) is 0 Å². The first-order valence-electron chi connectivity index (χ1n) is 3.91. The first-order valence-corrected chi connectivity index (χ1v) is 3.91. The van der Waals surface area contributed by atoms with Gasteiger partial charge in [0.15, 0.2) is 0 Å². The zero-order valence-corrected chi connectivity index (χ0v) is 6.54. The molecule has 0 aromatic heterocycles. The van der Waals surface area contributed by atoms with Gasteiger partial charge in [-0.3, -0.25) is 0 Å². The molecule has 0 aliphatic heterocycles. The molecule has 0 saturated heterocycles. The lowest BCUT2D eigenvalue weighted by Crippen LogP contribution is -2.54. The molecule has 1 saturated carbocycles. The van der Waals surface area contributed by atoms with Crippen molar-refractivity contribution in [2.75, 3.05) is 6.61 Å². The van der Waals surface area contributed by atoms with Crippen LogP contribution in [-0.2, 0) is 0 Å². The van der Waals surface area contributed by atoms with Gasteiger partial charge in [0.2, 0.25) is 0 Å². The van der Waals surface area contributed by atoms with Crippen LogP contribution >= 0.6 is 0 Å². The van der Waals surface area contributed by atoms with E-state index >= 15 is 0 Å². The highest BCUT2D eigenvalue weighted by Crippen LogP contribution is 2.25. The summed E-state index contributed by atoms with van der Waals surface area (Å²) in [7, 11) is 0. The molecule has 1 aliphatic rings. The molecule has 1 aliphatic carbocycles. The van der Waals surface area contributed by atoms with Crippen molar-refractivity contribution in [1.29, 1.82) is 0 Å². The van der Waals surface area contributed by atoms with Crippen LogP contribution in [0, 0.1) is 5.92 Å². The van der Waals surface area contributed by atoms with E-state index in [1.165, 1.54) is 0 Å². The quantitative estimate of drug-likeness (QED) is 0.304. The smallest absolute Gasteiger partial charge is 0.109 e. The molecule has 12 heavy (non-hydrogen) atoms. The molecule has 5 unspecified atom stereocenters. The van der Waals surface area contributed by atoms with Gasteiger partial charge in [-0.1, -0.05) is 0 Å². The normalized spacial score (nSPS) is 49.2. The highest BCUT2D eigenvalue weighted by molar-refractivity contribution is 4.91. The fraction of sp³-hybridized carbons (Fsp3) is 1.00. The lowest BCUT2D eigenvalue weighted by atomic mass is 9.81. The molecule has 0 heterocycles. The third-order valence-corrected chi connectivity index (χ3v) is 2.36. The topological polar surface area (TPSA) is 101 Å². The zero-order valence-electron chi connectivity index (χ0n) is 6.54. The summed E-state index contributed by atoms with van der Waals surface area (Å²) >= 11 is 0. The molecule has 5 heteroatoms. The first kappa shape index (κ1) is 9.88. The van der Waals surface area contributed by atoms with Crippen LogP contribution in [0.1, 0.15) is 6.42 Å². The molecule has 5 atom stereocenters. The van der Waals surface area contributed by atoms with Crippen LogP contribution in [0.5, 0.6) is 0 Å². The largest absolute Gasteiger partial charge is 0.396 e. The second kappa shape index (κ2) is 3.68. The van der Waals surface area contributed by atoms with E-state index in [9.17, 15) is 5.11 Å². The van der Waals surface area contributed by atoms with Crippen molar-refractivity contribution in [3.8, 4) is 0 Å². The Morgan fingerprint density at radius 3 is 2.00 bits per heavy atom. The van der Waals surface area contributed by atoms with Gasteiger partial charge in [0.25, 0.3) is 0 Å². The summed E-state index contributed by atoms with van der Waals surface area (Å²) in [5.74, 6) is -0.557. The van der Waals surface area contributed by atoms with Gasteiger partial charge >= 0.3 is 0 Å². The molecule has 0 spiro atoms. The van der Waals surface area contributed by atoms with E-state index in [2.05, 4.69) is 0 Å². The summed E-state index contributed by atoms with van der Waals surface area (Å²) < 4.78 is 0. The third-order valence-electron chi connectivity index (χ3n) is 2.36. The van der Waals surface area contributed by atoms with Crippen LogP contribution in [0.15, 0.2) is 0 Å². The van der Waals surface area contributed by atoms with Crippen molar-refractivity contribution in [3.63, 3.8) is 0 Å². The number of aliphatic hydroxyl groups is 5. The number of hydrogen-bond donors (Lipinski definition) is 5. The van der Waals surface area contributed by atoms with E-state index in [0.717, 1.165) is 0 Å². The van der Waals surface area contributed by atoms with Crippen molar-refractivity contribution >= 4 is 0 Å². The van der Waals surface area contributed by atoms with E-state index in [1.54, 1.807) is 0 Å². The van der Waals surface area contributed by atoms with Gasteiger partial charge in [0.1, 0.15) is 12.2 Å². The summed E-state index contributed by atoms with van der Waals surface area (Å²) in [4.78, 5) is 0. The minimum atomic E-state index is -1.37. The maximum Gasteiger partial charge on any atom is 0.109 e. The molecule has 1 fully saturated rings. The Morgan fingerprint density at radius 2 is 1.50 bits per heavy atom. The van der Waals surface area contributed by atoms with Gasteiger partial charge in [-0.2, -0.15) is 0 Å². The van der Waals surface area contributed by atoms with E-state index in [-0.39, 0.29) is 13.0 Å². The van der Waals surface area contributed by atoms with Crippen LogP contribution in [0.4, 0.5) is 0 Å². The van der Waals surface area contributed by atoms with Crippen molar-refractivity contribution in [2.45, 2.75) is 30.8 Å². The van der Waals surface area contributed by atoms with E-state index in [0.29, 0.717) is 0 Å². The summed E-state index contributed by atoms with van der Waals surface area (Å²) in [6.45, 7) is -0.304. The Hall–Kier alpha value is -0.200. The minimum absolute atomic E-state index is 0.107. The molecule has 0 radical (unpaired) electrons. The molecule has 0 bridgehead atoms. The van der Waals surface area contributed by atoms with Crippen molar-refractivity contribution in [3.05, 3.63) is 0 Å². The van der Waals surface area contributed by atoms with Gasteiger partial charge < -0.3 is 25.5 Å². The highest BCUT2D eigenvalue weighted by Gasteiger charge is 2.41. The third kappa shape index (κ3) is 1.60. The van der Waals surface area contributed by atoms with Gasteiger partial charge in [0, 0.05) is 12.5 Å². The van der Waals surface area contributed by atoms with Crippen LogP contribution in [0.3, 0.4) is 0 Å². The second-order valence-corrected chi connectivity index (χ2v) is 3.22. The monoisotopic (exact) mass is 178 g/mol. The number of rotatable bonds is 1. The van der Waals surface area contributed by atoms with Gasteiger partial charge in [0.05, 0.1) is 12.2 Å². The predicted molar refractivity (Wildman–Crippen MR) is 39.2 cm³/mol. The Balaban J connectivity index is 2.63. The fourth-order valence-electron chi connectivity index (χ4n) is 1.48. The maximum absolute atomic E-state index is 9.24. The lowest BCUT2D eigenvalue weighted by molar-refractivity contribution is -0.163. The summed E-state index contributed by atoms with van der Waals surface area (Å²) in [6, 6.07) is 0. The SMILES string of the molecule is OCC1CC(O)C(O)C(O)C1O. The minimum Gasteiger partial charge on any atom is -0.396 e. The fourth-order valence-corrected chi connectivity index (χ4v) is 1.48. The highest BCUT2D eigenvalue weighted by atomic mass is 16.4. The first-order chi connectivity index (χ1) is 5.57. The molecular formula is C7H14O5. The molecule has 0 aromatic rings. The summed E-state index contributed by atoms with van der Waals surface area (Å²) in [5.41, 5.74) is 0. The molecule has 0 aromatic carbocycles. The predicted octanol–water partition coefficient (Wildman–Crippen LogP) is -2.56. The molecule has 1 rings (SSSR count). The number of hydrogen-bond acceptors (Lipinski definition) is 5. The second-order valence-electron chi connectivity index (χ2n) is 3.22. The summed E-state index contributed by atoms with van der Waals surface area (Å²) in [5, 5.41) is 45.3. The van der Waals surface area contributed by atoms with Crippen molar-refractivity contribution in [1.82, 2.24) is 0 Å². The average Bonchev–Trinajstić information content (AvgIpc) is 2.08. The Morgan fingerprint density at radius 1 is 0.917 bits per heavy atom. The van der Waals surface area contributed by atoms with Crippen molar-refractivity contribution in [2.24, 2.45) is 5.92 Å². The molecule has 5 N–H and O–H groups in total. The number of aliphatic hydroxyl groups excluding tert-OH is 5. The maximum atomic E-state index is 9.24. The van der Waals surface area contributed by atoms with Crippen LogP contribution in [0.25, 0.3) is 0 Å². The zero-order chi connectivity index (χ0) is 9.30. The van der Waals surface area contributed by atoms with E-state index in [4.69, 9.17) is 20.4 Å². The van der Waals surface area contributed by atoms with Crippen molar-refractivity contribution < 1.29 is 25.5 Å². The summed E-state index contributed by atoms with van der Waals surface area (Å²) in [6.07, 6.45) is -4.81. The molecular weight excluding hydrogens is 164 g/mol. The molecule has 72 valence electrons. The Bertz CT molecular complexity index is 146. The Kier molecular flexibility index (Phi) is 3.03. The van der Waals surface area contributed by atoms with Crippen LogP contribution < -0.4 is 0 Å².